The zero-order valence-electron chi connectivity index (χ0n) is 10.7. The molecular weight excluding hydrogens is 214 g/mol. The second-order valence-corrected chi connectivity index (χ2v) is 5.35. The summed E-state index contributed by atoms with van der Waals surface area (Å²) >= 11 is 0. The SMILES string of the molecule is CC(N)Cc1noc(CC2CCCCCC2)n1. The number of hydrogen-bond acceptors (Lipinski definition) is 4. The van der Waals surface area contributed by atoms with Gasteiger partial charge >= 0.3 is 0 Å². The Balaban J connectivity index is 1.86. The summed E-state index contributed by atoms with van der Waals surface area (Å²) in [4.78, 5) is 4.42. The molecule has 1 heterocycles. The Labute approximate surface area is 103 Å². The molecule has 0 saturated heterocycles. The second kappa shape index (κ2) is 6.15. The number of nitrogens with zero attached hydrogens (tertiary/aromatic N) is 2. The molecule has 1 fully saturated rings. The Hall–Kier alpha value is -0.900. The number of hydrogen-bond donors (Lipinski definition) is 1. The highest BCUT2D eigenvalue weighted by Crippen LogP contribution is 2.25. The molecule has 0 bridgehead atoms. The van der Waals surface area contributed by atoms with Crippen molar-refractivity contribution in [3.8, 4) is 0 Å². The molecule has 2 rings (SSSR count). The van der Waals surface area contributed by atoms with E-state index in [0.717, 1.165) is 24.1 Å². The molecule has 17 heavy (non-hydrogen) atoms. The van der Waals surface area contributed by atoms with E-state index in [1.807, 2.05) is 6.92 Å². The van der Waals surface area contributed by atoms with E-state index in [1.54, 1.807) is 0 Å². The van der Waals surface area contributed by atoms with E-state index in [9.17, 15) is 0 Å². The average Bonchev–Trinajstić information content (AvgIpc) is 2.54. The average molecular weight is 237 g/mol. The van der Waals surface area contributed by atoms with Crippen LogP contribution in [0, 0.1) is 5.92 Å². The highest BCUT2D eigenvalue weighted by Gasteiger charge is 2.16. The summed E-state index contributed by atoms with van der Waals surface area (Å²) in [5.41, 5.74) is 5.72. The molecule has 1 atom stereocenters. The number of nitrogens with two attached hydrogens (primary N) is 1. The standard InChI is InChI=1S/C13H23N3O/c1-10(14)8-12-15-13(17-16-12)9-11-6-4-2-3-5-7-11/h10-11H,2-9,14H2,1H3. The van der Waals surface area contributed by atoms with Gasteiger partial charge in [-0.1, -0.05) is 30.8 Å². The van der Waals surface area contributed by atoms with Crippen molar-refractivity contribution < 1.29 is 4.52 Å². The van der Waals surface area contributed by atoms with Gasteiger partial charge in [0, 0.05) is 18.9 Å². The van der Waals surface area contributed by atoms with Crippen LogP contribution in [0.3, 0.4) is 0 Å². The van der Waals surface area contributed by atoms with Crippen molar-refractivity contribution in [1.29, 1.82) is 0 Å². The first kappa shape index (κ1) is 12.6. The Morgan fingerprint density at radius 3 is 2.65 bits per heavy atom. The predicted octanol–water partition coefficient (Wildman–Crippen LogP) is 2.47. The summed E-state index contributed by atoms with van der Waals surface area (Å²) in [5, 5.41) is 3.98. The van der Waals surface area contributed by atoms with Crippen LogP contribution < -0.4 is 5.73 Å². The van der Waals surface area contributed by atoms with Gasteiger partial charge in [-0.25, -0.2) is 0 Å². The van der Waals surface area contributed by atoms with Crippen molar-refractivity contribution in [2.24, 2.45) is 11.7 Å². The fraction of sp³-hybridized carbons (Fsp3) is 0.846. The van der Waals surface area contributed by atoms with E-state index < -0.39 is 0 Å². The van der Waals surface area contributed by atoms with Crippen molar-refractivity contribution in [1.82, 2.24) is 10.1 Å². The molecular formula is C13H23N3O. The minimum Gasteiger partial charge on any atom is -0.339 e. The lowest BCUT2D eigenvalue weighted by molar-refractivity contribution is 0.335. The Kier molecular flexibility index (Phi) is 4.54. The van der Waals surface area contributed by atoms with E-state index in [4.69, 9.17) is 10.3 Å². The van der Waals surface area contributed by atoms with Crippen LogP contribution in [-0.2, 0) is 12.8 Å². The lowest BCUT2D eigenvalue weighted by Gasteiger charge is -2.09. The van der Waals surface area contributed by atoms with E-state index in [2.05, 4.69) is 10.1 Å². The highest BCUT2D eigenvalue weighted by molar-refractivity contribution is 4.90. The fourth-order valence-electron chi connectivity index (χ4n) is 2.56. The van der Waals surface area contributed by atoms with Gasteiger partial charge in [-0.05, 0) is 25.7 Å². The van der Waals surface area contributed by atoms with Crippen LogP contribution in [0.15, 0.2) is 4.52 Å². The lowest BCUT2D eigenvalue weighted by atomic mass is 9.97. The maximum atomic E-state index is 5.72. The van der Waals surface area contributed by atoms with Crippen molar-refractivity contribution in [3.63, 3.8) is 0 Å². The smallest absolute Gasteiger partial charge is 0.226 e. The Morgan fingerprint density at radius 1 is 1.29 bits per heavy atom. The van der Waals surface area contributed by atoms with Crippen LogP contribution in [0.5, 0.6) is 0 Å². The van der Waals surface area contributed by atoms with Gasteiger partial charge in [-0.3, -0.25) is 0 Å². The van der Waals surface area contributed by atoms with E-state index >= 15 is 0 Å². The Morgan fingerprint density at radius 2 is 2.00 bits per heavy atom. The number of rotatable bonds is 4. The number of aromatic nitrogens is 2. The molecule has 0 radical (unpaired) electrons. The fourth-order valence-corrected chi connectivity index (χ4v) is 2.56. The van der Waals surface area contributed by atoms with E-state index in [1.165, 1.54) is 38.5 Å². The van der Waals surface area contributed by atoms with Gasteiger partial charge in [0.15, 0.2) is 5.82 Å². The highest BCUT2D eigenvalue weighted by atomic mass is 16.5. The molecule has 1 aromatic rings. The van der Waals surface area contributed by atoms with Crippen molar-refractivity contribution in [2.45, 2.75) is 64.3 Å². The van der Waals surface area contributed by atoms with Gasteiger partial charge in [0.05, 0.1) is 0 Å². The molecule has 1 aromatic heterocycles. The predicted molar refractivity (Wildman–Crippen MR) is 66.5 cm³/mol. The maximum absolute atomic E-state index is 5.72. The molecule has 0 amide bonds. The summed E-state index contributed by atoms with van der Waals surface area (Å²) < 4.78 is 5.29. The zero-order chi connectivity index (χ0) is 12.1. The summed E-state index contributed by atoms with van der Waals surface area (Å²) in [6.45, 7) is 1.96. The summed E-state index contributed by atoms with van der Waals surface area (Å²) in [6, 6.07) is 0.0957. The minimum absolute atomic E-state index is 0.0957. The van der Waals surface area contributed by atoms with Crippen LogP contribution >= 0.6 is 0 Å². The normalized spacial score (nSPS) is 20.1. The molecule has 0 aliphatic heterocycles. The molecule has 0 spiro atoms. The third-order valence-corrected chi connectivity index (χ3v) is 3.45. The topological polar surface area (TPSA) is 64.9 Å². The summed E-state index contributed by atoms with van der Waals surface area (Å²) in [5.74, 6) is 2.29. The van der Waals surface area contributed by atoms with E-state index in [0.29, 0.717) is 6.42 Å². The van der Waals surface area contributed by atoms with Crippen LogP contribution in [0.1, 0.15) is 57.2 Å². The van der Waals surface area contributed by atoms with Crippen LogP contribution in [0.2, 0.25) is 0 Å². The first-order valence-corrected chi connectivity index (χ1v) is 6.81. The quantitative estimate of drug-likeness (QED) is 0.817. The molecule has 1 aliphatic rings. The van der Waals surface area contributed by atoms with Crippen molar-refractivity contribution >= 4 is 0 Å². The minimum atomic E-state index is 0.0957. The van der Waals surface area contributed by atoms with Gasteiger partial charge in [0.2, 0.25) is 5.89 Å². The van der Waals surface area contributed by atoms with Gasteiger partial charge in [0.1, 0.15) is 0 Å². The maximum Gasteiger partial charge on any atom is 0.226 e. The molecule has 1 saturated carbocycles. The third kappa shape index (κ3) is 4.11. The molecule has 96 valence electrons. The third-order valence-electron chi connectivity index (χ3n) is 3.45. The molecule has 4 heteroatoms. The van der Waals surface area contributed by atoms with Crippen LogP contribution in [-0.4, -0.2) is 16.2 Å². The van der Waals surface area contributed by atoms with Gasteiger partial charge in [0.25, 0.3) is 0 Å². The van der Waals surface area contributed by atoms with Crippen LogP contribution in [0.4, 0.5) is 0 Å². The van der Waals surface area contributed by atoms with Crippen molar-refractivity contribution in [3.05, 3.63) is 11.7 Å². The molecule has 4 nitrogen and oxygen atoms in total. The van der Waals surface area contributed by atoms with Gasteiger partial charge < -0.3 is 10.3 Å². The second-order valence-electron chi connectivity index (χ2n) is 5.35. The van der Waals surface area contributed by atoms with Crippen LogP contribution in [0.25, 0.3) is 0 Å². The largest absolute Gasteiger partial charge is 0.339 e. The monoisotopic (exact) mass is 237 g/mol. The first-order chi connectivity index (χ1) is 8.24. The molecule has 0 aromatic carbocycles. The molecule has 1 aliphatic carbocycles. The molecule has 2 N–H and O–H groups in total. The summed E-state index contributed by atoms with van der Waals surface area (Å²) in [7, 11) is 0. The van der Waals surface area contributed by atoms with Crippen molar-refractivity contribution in [2.75, 3.05) is 0 Å². The summed E-state index contributed by atoms with van der Waals surface area (Å²) in [6.07, 6.45) is 9.75. The zero-order valence-corrected chi connectivity index (χ0v) is 10.7. The Bertz CT molecular complexity index is 327. The molecule has 1 unspecified atom stereocenters. The van der Waals surface area contributed by atoms with E-state index in [-0.39, 0.29) is 6.04 Å². The first-order valence-electron chi connectivity index (χ1n) is 6.81. The van der Waals surface area contributed by atoms with Gasteiger partial charge in [-0.2, -0.15) is 4.98 Å². The lowest BCUT2D eigenvalue weighted by Crippen LogP contribution is -2.18. The van der Waals surface area contributed by atoms with Gasteiger partial charge in [-0.15, -0.1) is 0 Å².